The molecule has 1 heterocycles. The Kier molecular flexibility index (Phi) is 3.53. The van der Waals surface area contributed by atoms with Gasteiger partial charge in [-0.1, -0.05) is 64.1 Å². The Labute approximate surface area is 158 Å². The van der Waals surface area contributed by atoms with Crippen molar-refractivity contribution < 1.29 is 5.94 Å². The third-order valence-electron chi connectivity index (χ3n) is 5.90. The average molecular weight is 344 g/mol. The van der Waals surface area contributed by atoms with Crippen LogP contribution < -0.4 is 4.57 Å². The van der Waals surface area contributed by atoms with Crippen molar-refractivity contribution in [2.45, 2.75) is 45.9 Å². The molecule has 1 aliphatic carbocycles. The molecule has 0 atom stereocenters. The summed E-state index contributed by atoms with van der Waals surface area (Å²) in [5.41, 5.74) is 10.3. The van der Waals surface area contributed by atoms with Crippen LogP contribution in [-0.4, -0.2) is 0 Å². The van der Waals surface area contributed by atoms with Gasteiger partial charge in [0.2, 0.25) is 5.69 Å². The molecule has 0 saturated carbocycles. The van der Waals surface area contributed by atoms with Crippen molar-refractivity contribution in [1.29, 1.82) is 0 Å². The molecule has 1 nitrogen and oxygen atoms in total. The van der Waals surface area contributed by atoms with E-state index in [0.29, 0.717) is 0 Å². The third kappa shape index (κ3) is 2.34. The minimum absolute atomic E-state index is 0.0341. The normalized spacial score (nSPS) is 15.4. The van der Waals surface area contributed by atoms with Crippen LogP contribution in [0.2, 0.25) is 0 Å². The van der Waals surface area contributed by atoms with Crippen molar-refractivity contribution in [3.8, 4) is 22.4 Å². The van der Waals surface area contributed by atoms with Crippen LogP contribution in [0.25, 0.3) is 22.4 Å². The molecule has 3 aromatic rings. The lowest BCUT2D eigenvalue weighted by molar-refractivity contribution is -0.660. The molecular weight excluding hydrogens is 314 g/mol. The van der Waals surface area contributed by atoms with E-state index in [9.17, 15) is 0 Å². The van der Waals surface area contributed by atoms with Crippen molar-refractivity contribution in [1.82, 2.24) is 0 Å². The number of nitrogens with zero attached hydrogens (tertiary/aromatic N) is 1. The van der Waals surface area contributed by atoms with Gasteiger partial charge in [-0.3, -0.25) is 0 Å². The Morgan fingerprint density at radius 2 is 1.69 bits per heavy atom. The van der Waals surface area contributed by atoms with Gasteiger partial charge in [-0.05, 0) is 46.7 Å². The molecule has 1 aliphatic rings. The molecular formula is C25H28N+. The van der Waals surface area contributed by atoms with Gasteiger partial charge in [0.25, 0.3) is 0 Å². The topological polar surface area (TPSA) is 3.88 Å². The Hall–Kier alpha value is -2.41. The number of hydrogen-bond donors (Lipinski definition) is 0. The van der Waals surface area contributed by atoms with E-state index in [4.69, 9.17) is 1.37 Å². The van der Waals surface area contributed by atoms with Gasteiger partial charge in [-0.25, -0.2) is 4.57 Å². The lowest BCUT2D eigenvalue weighted by Gasteiger charge is -2.24. The van der Waals surface area contributed by atoms with E-state index in [-0.39, 0.29) is 5.41 Å². The predicted octanol–water partition coefficient (Wildman–Crippen LogP) is 5.92. The van der Waals surface area contributed by atoms with Crippen LogP contribution in [0.1, 0.15) is 57.2 Å². The maximum absolute atomic E-state index is 8.35. The van der Waals surface area contributed by atoms with E-state index in [0.717, 1.165) is 5.56 Å². The van der Waals surface area contributed by atoms with Gasteiger partial charge in [0.05, 0.1) is 5.56 Å². The molecule has 2 aromatic carbocycles. The van der Waals surface area contributed by atoms with Gasteiger partial charge < -0.3 is 0 Å². The summed E-state index contributed by atoms with van der Waals surface area (Å²) < 4.78 is 10.5. The summed E-state index contributed by atoms with van der Waals surface area (Å²) in [5, 5.41) is 0. The van der Waals surface area contributed by atoms with Crippen LogP contribution >= 0.6 is 0 Å². The number of hydrogen-bond acceptors (Lipinski definition) is 0. The lowest BCUT2D eigenvalue weighted by Crippen LogP contribution is -2.32. The Morgan fingerprint density at radius 3 is 2.38 bits per heavy atom. The summed E-state index contributed by atoms with van der Waals surface area (Å²) in [4.78, 5) is 0. The van der Waals surface area contributed by atoms with E-state index < -0.39 is 5.89 Å². The van der Waals surface area contributed by atoms with E-state index in [1.807, 2.05) is 13.8 Å². The number of benzene rings is 2. The number of fused-ring (bicyclic) bond motifs is 3. The van der Waals surface area contributed by atoms with Crippen LogP contribution in [0.5, 0.6) is 0 Å². The monoisotopic (exact) mass is 343 g/mol. The van der Waals surface area contributed by atoms with E-state index in [1.54, 1.807) is 0 Å². The fourth-order valence-corrected chi connectivity index (χ4v) is 4.47. The molecule has 0 spiro atoms. The van der Waals surface area contributed by atoms with Crippen LogP contribution in [0.4, 0.5) is 0 Å². The predicted molar refractivity (Wildman–Crippen MR) is 109 cm³/mol. The zero-order chi connectivity index (χ0) is 19.6. The van der Waals surface area contributed by atoms with Crippen molar-refractivity contribution in [2.24, 2.45) is 7.05 Å². The smallest absolute Gasteiger partial charge is 0.201 e. The van der Waals surface area contributed by atoms with Gasteiger partial charge >= 0.3 is 0 Å². The maximum Gasteiger partial charge on any atom is 0.212 e. The first-order chi connectivity index (χ1) is 12.6. The highest BCUT2D eigenvalue weighted by molar-refractivity contribution is 5.88. The molecule has 0 radical (unpaired) electrons. The summed E-state index contributed by atoms with van der Waals surface area (Å²) in [7, 11) is 2.10. The maximum atomic E-state index is 8.35. The van der Waals surface area contributed by atoms with Gasteiger partial charge in [0, 0.05) is 18.4 Å². The molecule has 0 saturated heterocycles. The Balaban J connectivity index is 2.01. The van der Waals surface area contributed by atoms with Gasteiger partial charge in [0.15, 0.2) is 6.20 Å². The highest BCUT2D eigenvalue weighted by Gasteiger charge is 2.39. The fourth-order valence-electron chi connectivity index (χ4n) is 4.47. The van der Waals surface area contributed by atoms with Crippen molar-refractivity contribution >= 4 is 0 Å². The molecule has 26 heavy (non-hydrogen) atoms. The molecule has 0 bridgehead atoms. The zero-order valence-electron chi connectivity index (χ0n) is 17.6. The van der Waals surface area contributed by atoms with Crippen molar-refractivity contribution in [2.75, 3.05) is 0 Å². The Morgan fingerprint density at radius 1 is 0.962 bits per heavy atom. The second-order valence-electron chi connectivity index (χ2n) is 8.26. The number of pyridine rings is 1. The lowest BCUT2D eigenvalue weighted by atomic mass is 9.78. The minimum atomic E-state index is -0.598. The third-order valence-corrected chi connectivity index (χ3v) is 5.90. The number of rotatable bonds is 2. The van der Waals surface area contributed by atoms with Crippen LogP contribution in [-0.2, 0) is 12.5 Å². The minimum Gasteiger partial charge on any atom is -0.201 e. The van der Waals surface area contributed by atoms with E-state index in [1.165, 1.54) is 39.1 Å². The molecule has 0 aliphatic heterocycles. The highest BCUT2D eigenvalue weighted by atomic mass is 14.9. The summed E-state index contributed by atoms with van der Waals surface area (Å²) in [6, 6.07) is 17.6. The molecule has 0 fully saturated rings. The second kappa shape index (κ2) is 5.81. The highest BCUT2D eigenvalue weighted by Crippen LogP contribution is 2.52. The number of aryl methyl sites for hydroxylation is 2. The van der Waals surface area contributed by atoms with Gasteiger partial charge in [-0.15, -0.1) is 0 Å². The largest absolute Gasteiger partial charge is 0.212 e. The van der Waals surface area contributed by atoms with Crippen LogP contribution in [0, 0.1) is 6.92 Å². The quantitative estimate of drug-likeness (QED) is 0.509. The fraction of sp³-hybridized carbons (Fsp3) is 0.320. The molecule has 132 valence electrons. The molecule has 1 aromatic heterocycles. The molecule has 0 amide bonds. The SMILES string of the molecule is [2H]C(C)(C)c1ccc(-c2c(C)ccc3c2C(C)(C)c2ccccc2-3)[n+](C)c1. The molecule has 0 N–H and O–H groups in total. The van der Waals surface area contributed by atoms with Gasteiger partial charge in [-0.2, -0.15) is 0 Å². The van der Waals surface area contributed by atoms with Crippen molar-refractivity contribution in [3.63, 3.8) is 0 Å². The first-order valence-electron chi connectivity index (χ1n) is 9.87. The summed E-state index contributed by atoms with van der Waals surface area (Å²) >= 11 is 0. The summed E-state index contributed by atoms with van der Waals surface area (Å²) in [6.07, 6.45) is 2.11. The molecule has 0 unspecified atom stereocenters. The van der Waals surface area contributed by atoms with Gasteiger partial charge in [0.1, 0.15) is 7.05 Å². The van der Waals surface area contributed by atoms with E-state index >= 15 is 0 Å². The summed E-state index contributed by atoms with van der Waals surface area (Å²) in [5.74, 6) is -0.598. The van der Waals surface area contributed by atoms with Crippen LogP contribution in [0.3, 0.4) is 0 Å². The van der Waals surface area contributed by atoms with Crippen molar-refractivity contribution in [3.05, 3.63) is 77.0 Å². The van der Waals surface area contributed by atoms with Crippen LogP contribution in [0.15, 0.2) is 54.7 Å². The average Bonchev–Trinajstić information content (AvgIpc) is 2.83. The Bertz CT molecular complexity index is 1050. The first kappa shape index (κ1) is 15.8. The zero-order valence-corrected chi connectivity index (χ0v) is 16.6. The second-order valence-corrected chi connectivity index (χ2v) is 8.26. The number of aromatic nitrogens is 1. The standard InChI is InChI=1S/C25H28N/c1-16(2)18-12-14-22(26(6)15-18)23-17(3)11-13-20-19-9-7-8-10-21(19)25(4,5)24(20)23/h7-16H,1-6H3/q+1/i16D. The molecule has 4 rings (SSSR count). The molecule has 1 heteroatoms. The van der Waals surface area contributed by atoms with E-state index in [2.05, 4.69) is 87.1 Å². The summed E-state index contributed by atoms with van der Waals surface area (Å²) in [6.45, 7) is 10.8. The first-order valence-corrected chi connectivity index (χ1v) is 9.37.